The van der Waals surface area contributed by atoms with Crippen LogP contribution in [0, 0.1) is 0 Å². The summed E-state index contributed by atoms with van der Waals surface area (Å²) in [5, 5.41) is 18.5. The summed E-state index contributed by atoms with van der Waals surface area (Å²) in [7, 11) is -4.01. The van der Waals surface area contributed by atoms with Gasteiger partial charge in [0.1, 0.15) is 0 Å². The number of carbonyl (C=O) groups is 1. The van der Waals surface area contributed by atoms with Crippen molar-refractivity contribution < 1.29 is 23.4 Å². The molecule has 0 fully saturated rings. The molecule has 7 nitrogen and oxygen atoms in total. The third kappa shape index (κ3) is 4.19. The predicted octanol–water partition coefficient (Wildman–Crippen LogP) is 0.406. The molecule has 1 atom stereocenters. The van der Waals surface area contributed by atoms with Crippen LogP contribution in [0.2, 0.25) is 0 Å². The molecule has 0 aliphatic carbocycles. The summed E-state index contributed by atoms with van der Waals surface area (Å²) in [6.07, 6.45) is 0.359. The quantitative estimate of drug-likeness (QED) is 0.540. The van der Waals surface area contributed by atoms with Crippen LogP contribution in [0.15, 0.2) is 23.1 Å². The summed E-state index contributed by atoms with van der Waals surface area (Å²) < 4.78 is 26.3. The Bertz CT molecular complexity index is 586. The van der Waals surface area contributed by atoms with Gasteiger partial charge in [-0.05, 0) is 24.6 Å². The molecule has 1 rings (SSSR count). The Hall–Kier alpha value is -1.64. The average Bonchev–Trinajstić information content (AvgIpc) is 2.36. The maximum Gasteiger partial charge on any atom is 0.337 e. The van der Waals surface area contributed by atoms with E-state index in [1.807, 2.05) is 6.92 Å². The maximum atomic E-state index is 12.1. The topological polar surface area (TPSA) is 130 Å². The molecular weight excluding hydrogens is 284 g/mol. The first-order valence-corrected chi connectivity index (χ1v) is 7.56. The summed E-state index contributed by atoms with van der Waals surface area (Å²) >= 11 is 0. The van der Waals surface area contributed by atoms with Crippen molar-refractivity contribution in [3.63, 3.8) is 0 Å². The SMILES string of the molecule is CCCC(O)CNS(=O)(=O)c1ccc(N)cc1C(=O)O. The Morgan fingerprint density at radius 3 is 2.65 bits per heavy atom. The van der Waals surface area contributed by atoms with Crippen LogP contribution in [-0.2, 0) is 10.0 Å². The Kier molecular flexibility index (Phi) is 5.49. The monoisotopic (exact) mass is 302 g/mol. The summed E-state index contributed by atoms with van der Waals surface area (Å²) in [4.78, 5) is 10.7. The molecule has 20 heavy (non-hydrogen) atoms. The lowest BCUT2D eigenvalue weighted by Gasteiger charge is -2.13. The van der Waals surface area contributed by atoms with Gasteiger partial charge in [-0.15, -0.1) is 0 Å². The molecule has 0 aromatic heterocycles. The number of anilines is 1. The van der Waals surface area contributed by atoms with Gasteiger partial charge < -0.3 is 15.9 Å². The number of carboxylic acids is 1. The average molecular weight is 302 g/mol. The molecule has 0 aliphatic rings. The van der Waals surface area contributed by atoms with Gasteiger partial charge in [-0.3, -0.25) is 0 Å². The van der Waals surface area contributed by atoms with E-state index < -0.39 is 27.7 Å². The van der Waals surface area contributed by atoms with Gasteiger partial charge >= 0.3 is 5.97 Å². The van der Waals surface area contributed by atoms with Crippen molar-refractivity contribution in [3.8, 4) is 0 Å². The Morgan fingerprint density at radius 2 is 2.10 bits per heavy atom. The van der Waals surface area contributed by atoms with Gasteiger partial charge in [0, 0.05) is 12.2 Å². The smallest absolute Gasteiger partial charge is 0.337 e. The molecule has 0 radical (unpaired) electrons. The maximum absolute atomic E-state index is 12.1. The fraction of sp³-hybridized carbons (Fsp3) is 0.417. The number of nitrogens with two attached hydrogens (primary N) is 1. The van der Waals surface area contributed by atoms with E-state index in [1.54, 1.807) is 0 Å². The van der Waals surface area contributed by atoms with Gasteiger partial charge in [0.2, 0.25) is 10.0 Å². The van der Waals surface area contributed by atoms with Crippen molar-refractivity contribution in [2.45, 2.75) is 30.8 Å². The second kappa shape index (κ2) is 6.69. The zero-order valence-electron chi connectivity index (χ0n) is 11.0. The normalized spacial score (nSPS) is 13.1. The molecule has 0 saturated carbocycles. The highest BCUT2D eigenvalue weighted by molar-refractivity contribution is 7.89. The molecule has 0 spiro atoms. The number of nitrogens with one attached hydrogen (secondary N) is 1. The number of hydrogen-bond donors (Lipinski definition) is 4. The predicted molar refractivity (Wildman–Crippen MR) is 73.9 cm³/mol. The number of benzene rings is 1. The Labute approximate surface area is 117 Å². The molecule has 1 aromatic carbocycles. The summed E-state index contributed by atoms with van der Waals surface area (Å²) in [5.41, 5.74) is 5.21. The van der Waals surface area contributed by atoms with Gasteiger partial charge in [-0.2, -0.15) is 0 Å². The minimum atomic E-state index is -4.01. The van der Waals surface area contributed by atoms with E-state index in [-0.39, 0.29) is 17.1 Å². The van der Waals surface area contributed by atoms with Crippen molar-refractivity contribution in [2.75, 3.05) is 12.3 Å². The largest absolute Gasteiger partial charge is 0.478 e. The number of aliphatic hydroxyl groups is 1. The molecule has 1 aromatic rings. The van der Waals surface area contributed by atoms with E-state index >= 15 is 0 Å². The minimum Gasteiger partial charge on any atom is -0.478 e. The highest BCUT2D eigenvalue weighted by Gasteiger charge is 2.23. The summed E-state index contributed by atoms with van der Waals surface area (Å²) in [6.45, 7) is 1.69. The van der Waals surface area contributed by atoms with Gasteiger partial charge in [0.05, 0.1) is 16.6 Å². The van der Waals surface area contributed by atoms with Crippen LogP contribution in [0.1, 0.15) is 30.1 Å². The van der Waals surface area contributed by atoms with Crippen LogP contribution in [0.3, 0.4) is 0 Å². The van der Waals surface area contributed by atoms with Crippen LogP contribution in [0.25, 0.3) is 0 Å². The van der Waals surface area contributed by atoms with Gasteiger partial charge in [0.15, 0.2) is 0 Å². The molecule has 1 unspecified atom stereocenters. The van der Waals surface area contributed by atoms with Gasteiger partial charge in [0.25, 0.3) is 0 Å². The zero-order chi connectivity index (χ0) is 15.3. The lowest BCUT2D eigenvalue weighted by Crippen LogP contribution is -2.33. The molecule has 0 saturated heterocycles. The number of sulfonamides is 1. The standard InChI is InChI=1S/C12H18N2O5S/c1-2-3-9(15)7-14-20(18,19)11-5-4-8(13)6-10(11)12(16)17/h4-6,9,14-15H,2-3,7,13H2,1H3,(H,16,17). The highest BCUT2D eigenvalue weighted by atomic mass is 32.2. The molecule has 5 N–H and O–H groups in total. The molecule has 8 heteroatoms. The summed E-state index contributed by atoms with van der Waals surface area (Å²) in [6, 6.07) is 3.52. The zero-order valence-corrected chi connectivity index (χ0v) is 11.9. The van der Waals surface area contributed by atoms with Crippen molar-refractivity contribution in [1.82, 2.24) is 4.72 Å². The molecule has 112 valence electrons. The number of aromatic carboxylic acids is 1. The molecular formula is C12H18N2O5S. The van der Waals surface area contributed by atoms with Crippen LogP contribution >= 0.6 is 0 Å². The third-order valence-electron chi connectivity index (χ3n) is 2.65. The minimum absolute atomic E-state index is 0.160. The first-order valence-electron chi connectivity index (χ1n) is 6.08. The van der Waals surface area contributed by atoms with Gasteiger partial charge in [-0.25, -0.2) is 17.9 Å². The van der Waals surface area contributed by atoms with Crippen LogP contribution in [0.4, 0.5) is 5.69 Å². The van der Waals surface area contributed by atoms with E-state index in [9.17, 15) is 18.3 Å². The van der Waals surface area contributed by atoms with Crippen LogP contribution in [0.5, 0.6) is 0 Å². The molecule has 0 heterocycles. The second-order valence-electron chi connectivity index (χ2n) is 4.36. The summed E-state index contributed by atoms with van der Waals surface area (Å²) in [5.74, 6) is -1.38. The third-order valence-corrected chi connectivity index (χ3v) is 4.14. The van der Waals surface area contributed by atoms with Crippen LogP contribution < -0.4 is 10.5 Å². The van der Waals surface area contributed by atoms with E-state index in [2.05, 4.69) is 4.72 Å². The molecule has 0 amide bonds. The Morgan fingerprint density at radius 1 is 1.45 bits per heavy atom. The molecule has 0 bridgehead atoms. The van der Waals surface area contributed by atoms with Crippen LogP contribution in [-0.4, -0.2) is 37.2 Å². The fourth-order valence-corrected chi connectivity index (χ4v) is 2.92. The lowest BCUT2D eigenvalue weighted by molar-refractivity contribution is 0.0692. The lowest BCUT2D eigenvalue weighted by atomic mass is 10.2. The van der Waals surface area contributed by atoms with E-state index in [1.165, 1.54) is 6.07 Å². The number of nitrogen functional groups attached to an aromatic ring is 1. The highest BCUT2D eigenvalue weighted by Crippen LogP contribution is 2.19. The number of hydrogen-bond acceptors (Lipinski definition) is 5. The first-order chi connectivity index (χ1) is 9.27. The van der Waals surface area contributed by atoms with Crippen molar-refractivity contribution in [1.29, 1.82) is 0 Å². The van der Waals surface area contributed by atoms with Gasteiger partial charge in [-0.1, -0.05) is 13.3 Å². The van der Waals surface area contributed by atoms with E-state index in [0.29, 0.717) is 12.8 Å². The number of aliphatic hydroxyl groups excluding tert-OH is 1. The van der Waals surface area contributed by atoms with Crippen molar-refractivity contribution in [2.24, 2.45) is 0 Å². The van der Waals surface area contributed by atoms with Crippen molar-refractivity contribution >= 4 is 21.7 Å². The number of carboxylic acid groups (broad SMARTS) is 1. The fourth-order valence-electron chi connectivity index (χ4n) is 1.67. The second-order valence-corrected chi connectivity index (χ2v) is 6.09. The van der Waals surface area contributed by atoms with Crippen molar-refractivity contribution in [3.05, 3.63) is 23.8 Å². The first kappa shape index (κ1) is 16.4. The van der Waals surface area contributed by atoms with E-state index in [0.717, 1.165) is 12.1 Å². The molecule has 0 aliphatic heterocycles. The van der Waals surface area contributed by atoms with E-state index in [4.69, 9.17) is 10.8 Å². The number of rotatable bonds is 7. The Balaban J connectivity index is 3.01.